The highest BCUT2D eigenvalue weighted by Crippen LogP contribution is 2.40. The predicted octanol–water partition coefficient (Wildman–Crippen LogP) is 3.95. The van der Waals surface area contributed by atoms with Gasteiger partial charge in [-0.25, -0.2) is 15.0 Å². The fourth-order valence-electron chi connectivity index (χ4n) is 4.96. The van der Waals surface area contributed by atoms with Gasteiger partial charge in [-0.3, -0.25) is 4.90 Å². The molecule has 2 aliphatic rings. The third kappa shape index (κ3) is 4.35. The van der Waals surface area contributed by atoms with Gasteiger partial charge < -0.3 is 14.5 Å². The number of anilines is 1. The summed E-state index contributed by atoms with van der Waals surface area (Å²) in [6.07, 6.45) is 8.55. The van der Waals surface area contributed by atoms with Crippen LogP contribution in [0.3, 0.4) is 0 Å². The van der Waals surface area contributed by atoms with E-state index in [9.17, 15) is 0 Å². The molecule has 0 saturated carbocycles. The maximum absolute atomic E-state index is 5.51. The molecule has 1 saturated heterocycles. The highest BCUT2D eigenvalue weighted by atomic mass is 32.1. The van der Waals surface area contributed by atoms with Crippen LogP contribution < -0.4 is 5.32 Å². The van der Waals surface area contributed by atoms with E-state index in [1.165, 1.54) is 22.2 Å². The first-order valence-electron chi connectivity index (χ1n) is 12.0. The summed E-state index contributed by atoms with van der Waals surface area (Å²) in [6.45, 7) is 7.40. The number of fused-ring (bicyclic) bond motifs is 4. The average molecular weight is 463 g/mol. The smallest absolute Gasteiger partial charge is 0.146 e. The summed E-state index contributed by atoms with van der Waals surface area (Å²) in [5.41, 5.74) is 3.56. The molecule has 1 aliphatic heterocycles. The van der Waals surface area contributed by atoms with Crippen molar-refractivity contribution < 1.29 is 4.74 Å². The van der Waals surface area contributed by atoms with Crippen LogP contribution >= 0.6 is 11.3 Å². The van der Waals surface area contributed by atoms with Crippen molar-refractivity contribution in [3.05, 3.63) is 52.6 Å². The Morgan fingerprint density at radius 3 is 2.97 bits per heavy atom. The Balaban J connectivity index is 1.28. The van der Waals surface area contributed by atoms with Crippen LogP contribution in [0.15, 0.2) is 30.6 Å². The van der Waals surface area contributed by atoms with Crippen LogP contribution in [0.5, 0.6) is 0 Å². The summed E-state index contributed by atoms with van der Waals surface area (Å²) in [6, 6.07) is 6.10. The van der Waals surface area contributed by atoms with Crippen molar-refractivity contribution in [2.24, 2.45) is 5.92 Å². The molecule has 0 bridgehead atoms. The van der Waals surface area contributed by atoms with E-state index in [2.05, 4.69) is 27.7 Å². The Hall–Kier alpha value is -2.55. The maximum atomic E-state index is 5.51. The van der Waals surface area contributed by atoms with Gasteiger partial charge in [-0.05, 0) is 42.9 Å². The minimum Gasteiger partial charge on any atom is -0.379 e. The number of aryl methyl sites for hydroxylation is 1. The molecule has 8 heteroatoms. The molecule has 33 heavy (non-hydrogen) atoms. The molecular weight excluding hydrogens is 432 g/mol. The van der Waals surface area contributed by atoms with Crippen molar-refractivity contribution in [2.75, 3.05) is 38.2 Å². The molecule has 0 unspecified atom stereocenters. The van der Waals surface area contributed by atoms with Crippen molar-refractivity contribution in [2.45, 2.75) is 39.2 Å². The fraction of sp³-hybridized carbons (Fsp3) is 0.480. The molecule has 0 aromatic carbocycles. The van der Waals surface area contributed by atoms with Gasteiger partial charge in [0, 0.05) is 43.3 Å². The lowest BCUT2D eigenvalue weighted by Crippen LogP contribution is -2.36. The largest absolute Gasteiger partial charge is 0.379 e. The molecule has 1 fully saturated rings. The van der Waals surface area contributed by atoms with E-state index in [0.717, 1.165) is 92.4 Å². The summed E-state index contributed by atoms with van der Waals surface area (Å²) < 4.78 is 7.59. The number of morpholine rings is 1. The SMILES string of the molecule is C[C@H]1CCc2c(sc3nc(CN4CCOCC4)nc(NCCc4cn5ccccc5n4)c23)C1. The first kappa shape index (κ1) is 21.0. The van der Waals surface area contributed by atoms with E-state index < -0.39 is 0 Å². The molecule has 0 spiro atoms. The molecule has 4 aromatic heterocycles. The van der Waals surface area contributed by atoms with Gasteiger partial charge in [0.25, 0.3) is 0 Å². The summed E-state index contributed by atoms with van der Waals surface area (Å²) >= 11 is 1.88. The number of imidazole rings is 1. The van der Waals surface area contributed by atoms with Gasteiger partial charge in [-0.1, -0.05) is 13.0 Å². The highest BCUT2D eigenvalue weighted by Gasteiger charge is 2.24. The molecule has 1 atom stereocenters. The van der Waals surface area contributed by atoms with Crippen molar-refractivity contribution in [1.29, 1.82) is 0 Å². The van der Waals surface area contributed by atoms with E-state index in [-0.39, 0.29) is 0 Å². The summed E-state index contributed by atoms with van der Waals surface area (Å²) in [5.74, 6) is 2.66. The van der Waals surface area contributed by atoms with E-state index in [1.54, 1.807) is 0 Å². The highest BCUT2D eigenvalue weighted by molar-refractivity contribution is 7.19. The lowest BCUT2D eigenvalue weighted by molar-refractivity contribution is 0.0331. The molecule has 172 valence electrons. The number of nitrogens with one attached hydrogen (secondary N) is 1. The number of rotatable bonds is 6. The second-order valence-corrected chi connectivity index (χ2v) is 10.4. The first-order chi connectivity index (χ1) is 16.2. The van der Waals surface area contributed by atoms with Crippen LogP contribution in [0.1, 0.15) is 35.3 Å². The molecule has 7 nitrogen and oxygen atoms in total. The van der Waals surface area contributed by atoms with Crippen LogP contribution in [-0.2, 0) is 30.5 Å². The van der Waals surface area contributed by atoms with Gasteiger partial charge in [0.15, 0.2) is 0 Å². The van der Waals surface area contributed by atoms with Gasteiger partial charge in [0.05, 0.1) is 30.8 Å². The number of pyridine rings is 1. The van der Waals surface area contributed by atoms with E-state index in [4.69, 9.17) is 19.7 Å². The van der Waals surface area contributed by atoms with Crippen molar-refractivity contribution in [3.8, 4) is 0 Å². The molecule has 4 aromatic rings. The average Bonchev–Trinajstić information content (AvgIpc) is 3.40. The van der Waals surface area contributed by atoms with Gasteiger partial charge in [-0.2, -0.15) is 0 Å². The van der Waals surface area contributed by atoms with Gasteiger partial charge in [0.2, 0.25) is 0 Å². The van der Waals surface area contributed by atoms with Crippen LogP contribution in [0, 0.1) is 5.92 Å². The molecule has 1 N–H and O–H groups in total. The van der Waals surface area contributed by atoms with E-state index in [0.29, 0.717) is 0 Å². The van der Waals surface area contributed by atoms with Crippen LogP contribution in [0.2, 0.25) is 0 Å². The minimum absolute atomic E-state index is 0.748. The van der Waals surface area contributed by atoms with Crippen molar-refractivity contribution in [1.82, 2.24) is 24.3 Å². The lowest BCUT2D eigenvalue weighted by Gasteiger charge is -2.26. The van der Waals surface area contributed by atoms with Crippen LogP contribution in [0.25, 0.3) is 15.9 Å². The standard InChI is InChI=1S/C25H30N6OS/c1-17-5-6-19-20(14-17)33-25-23(19)24(28-21(29-25)16-30-10-12-32-13-11-30)26-8-7-18-15-31-9-3-2-4-22(31)27-18/h2-4,9,15,17H,5-8,10-14,16H2,1H3,(H,26,28,29)/t17-/m0/s1. The first-order valence-corrected chi connectivity index (χ1v) is 12.8. The van der Waals surface area contributed by atoms with Crippen molar-refractivity contribution in [3.63, 3.8) is 0 Å². The zero-order valence-corrected chi connectivity index (χ0v) is 19.9. The number of hydrogen-bond donors (Lipinski definition) is 1. The van der Waals surface area contributed by atoms with Crippen LogP contribution in [0.4, 0.5) is 5.82 Å². The Bertz CT molecular complexity index is 1240. The third-order valence-electron chi connectivity index (χ3n) is 6.76. The van der Waals surface area contributed by atoms with Crippen LogP contribution in [-0.4, -0.2) is 57.1 Å². The predicted molar refractivity (Wildman–Crippen MR) is 132 cm³/mol. The molecule has 0 amide bonds. The topological polar surface area (TPSA) is 67.6 Å². The number of thiophene rings is 1. The zero-order chi connectivity index (χ0) is 22.2. The molecule has 6 rings (SSSR count). The maximum Gasteiger partial charge on any atom is 0.146 e. The number of ether oxygens (including phenoxy) is 1. The Labute approximate surface area is 197 Å². The van der Waals surface area contributed by atoms with Gasteiger partial charge in [-0.15, -0.1) is 11.3 Å². The number of nitrogens with zero attached hydrogens (tertiary/aromatic N) is 5. The Morgan fingerprint density at radius 2 is 2.09 bits per heavy atom. The van der Waals surface area contributed by atoms with Gasteiger partial charge in [0.1, 0.15) is 22.1 Å². The lowest BCUT2D eigenvalue weighted by atomic mass is 9.89. The van der Waals surface area contributed by atoms with E-state index in [1.807, 2.05) is 35.7 Å². The van der Waals surface area contributed by atoms with Crippen molar-refractivity contribution >= 4 is 33.0 Å². The van der Waals surface area contributed by atoms with Gasteiger partial charge >= 0.3 is 0 Å². The summed E-state index contributed by atoms with van der Waals surface area (Å²) in [5, 5.41) is 4.92. The molecule has 5 heterocycles. The third-order valence-corrected chi connectivity index (χ3v) is 7.91. The number of aromatic nitrogens is 4. The summed E-state index contributed by atoms with van der Waals surface area (Å²) in [4.78, 5) is 19.8. The van der Waals surface area contributed by atoms with E-state index >= 15 is 0 Å². The second kappa shape index (κ2) is 9.00. The number of hydrogen-bond acceptors (Lipinski definition) is 7. The zero-order valence-electron chi connectivity index (χ0n) is 19.1. The fourth-order valence-corrected chi connectivity index (χ4v) is 6.36. The summed E-state index contributed by atoms with van der Waals surface area (Å²) in [7, 11) is 0. The quantitative estimate of drug-likeness (QED) is 0.468. The second-order valence-electron chi connectivity index (χ2n) is 9.28. The monoisotopic (exact) mass is 462 g/mol. The molecule has 0 radical (unpaired) electrons. The molecular formula is C25H30N6OS. The Morgan fingerprint density at radius 1 is 1.18 bits per heavy atom. The minimum atomic E-state index is 0.748. The molecule has 1 aliphatic carbocycles. The normalized spacial score (nSPS) is 19.2. The Kier molecular flexibility index (Phi) is 5.73.